The number of anilines is 1. The maximum absolute atomic E-state index is 12.0. The van der Waals surface area contributed by atoms with Crippen LogP contribution in [0.1, 0.15) is 23.2 Å². The summed E-state index contributed by atoms with van der Waals surface area (Å²) in [6.07, 6.45) is 2.43. The van der Waals surface area contributed by atoms with Crippen molar-refractivity contribution in [3.8, 4) is 5.75 Å². The molecule has 0 atom stereocenters. The zero-order valence-electron chi connectivity index (χ0n) is 17.0. The average molecular weight is 449 g/mol. The fourth-order valence-electron chi connectivity index (χ4n) is 4.24. The first-order chi connectivity index (χ1) is 14.5. The minimum Gasteiger partial charge on any atom is -0.488 e. The molecule has 0 bridgehead atoms. The summed E-state index contributed by atoms with van der Waals surface area (Å²) in [7, 11) is 1.43. The number of halogens is 2. The Morgan fingerprint density at radius 2 is 1.80 bits per heavy atom. The first-order valence-electron chi connectivity index (χ1n) is 10.3. The van der Waals surface area contributed by atoms with Crippen molar-refractivity contribution in [2.75, 3.05) is 44.7 Å². The van der Waals surface area contributed by atoms with E-state index in [1.54, 1.807) is 12.1 Å². The zero-order chi connectivity index (χ0) is 21.1. The highest BCUT2D eigenvalue weighted by molar-refractivity contribution is 6.42. The molecule has 2 fully saturated rings. The van der Waals surface area contributed by atoms with E-state index < -0.39 is 0 Å². The molecule has 2 aromatic rings. The highest BCUT2D eigenvalue weighted by atomic mass is 35.5. The van der Waals surface area contributed by atoms with Gasteiger partial charge < -0.3 is 14.4 Å². The van der Waals surface area contributed by atoms with E-state index >= 15 is 0 Å². The normalized spacial score (nSPS) is 18.2. The van der Waals surface area contributed by atoms with Gasteiger partial charge in [0.2, 0.25) is 0 Å². The van der Waals surface area contributed by atoms with Crippen LogP contribution in [0.2, 0.25) is 10.0 Å². The topological polar surface area (TPSA) is 42.0 Å². The fraction of sp³-hybridized carbons (Fsp3) is 0.435. The number of carbonyl (C=O) groups is 1. The van der Waals surface area contributed by atoms with Crippen LogP contribution in [-0.2, 0) is 4.74 Å². The number of hydrogen-bond donors (Lipinski definition) is 0. The molecular weight excluding hydrogens is 423 g/mol. The van der Waals surface area contributed by atoms with Crippen molar-refractivity contribution in [2.45, 2.75) is 18.9 Å². The van der Waals surface area contributed by atoms with E-state index in [1.165, 1.54) is 7.11 Å². The standard InChI is InChI=1S/C23H26Cl2N2O3/c1-29-23(28)19-4-2-3-5-22(19)27-10-8-16(9-11-27)13-26-14-18(15-26)30-17-6-7-20(24)21(25)12-17/h2-7,12,16,18H,8-11,13-15H2,1H3. The number of piperidine rings is 1. The SMILES string of the molecule is COC(=O)c1ccccc1N1CCC(CN2CC(Oc3ccc(Cl)c(Cl)c3)C2)CC1. The van der Waals surface area contributed by atoms with Crippen LogP contribution < -0.4 is 9.64 Å². The Morgan fingerprint density at radius 1 is 1.07 bits per heavy atom. The van der Waals surface area contributed by atoms with Crippen LogP contribution in [0.3, 0.4) is 0 Å². The summed E-state index contributed by atoms with van der Waals surface area (Å²) >= 11 is 12.0. The van der Waals surface area contributed by atoms with Gasteiger partial charge in [0.1, 0.15) is 11.9 Å². The molecule has 0 N–H and O–H groups in total. The van der Waals surface area contributed by atoms with Gasteiger partial charge in [-0.2, -0.15) is 0 Å². The molecule has 2 aromatic carbocycles. The summed E-state index contributed by atoms with van der Waals surface area (Å²) in [5.41, 5.74) is 1.62. The molecule has 7 heteroatoms. The molecule has 4 rings (SSSR count). The van der Waals surface area contributed by atoms with E-state index in [0.29, 0.717) is 21.5 Å². The second kappa shape index (κ2) is 9.46. The molecule has 0 amide bonds. The molecule has 160 valence electrons. The van der Waals surface area contributed by atoms with Gasteiger partial charge in [-0.3, -0.25) is 4.90 Å². The summed E-state index contributed by atoms with van der Waals surface area (Å²) in [6, 6.07) is 13.1. The highest BCUT2D eigenvalue weighted by Crippen LogP contribution is 2.30. The Labute approximate surface area is 187 Å². The number of likely N-dealkylation sites (tertiary alicyclic amines) is 1. The Morgan fingerprint density at radius 3 is 2.50 bits per heavy atom. The maximum atomic E-state index is 12.0. The fourth-order valence-corrected chi connectivity index (χ4v) is 4.53. The van der Waals surface area contributed by atoms with E-state index in [0.717, 1.165) is 57.0 Å². The number of ether oxygens (including phenoxy) is 2. The number of hydrogen-bond acceptors (Lipinski definition) is 5. The maximum Gasteiger partial charge on any atom is 0.339 e. The van der Waals surface area contributed by atoms with E-state index in [2.05, 4.69) is 9.80 Å². The number of para-hydroxylation sites is 1. The van der Waals surface area contributed by atoms with Gasteiger partial charge in [0.25, 0.3) is 0 Å². The summed E-state index contributed by atoms with van der Waals surface area (Å²) in [5, 5.41) is 1.06. The molecule has 30 heavy (non-hydrogen) atoms. The molecule has 0 saturated carbocycles. The summed E-state index contributed by atoms with van der Waals surface area (Å²) < 4.78 is 10.9. The monoisotopic (exact) mass is 448 g/mol. The lowest BCUT2D eigenvalue weighted by molar-refractivity contribution is 0.00796. The van der Waals surface area contributed by atoms with Gasteiger partial charge in [0.15, 0.2) is 0 Å². The number of carbonyl (C=O) groups excluding carboxylic acids is 1. The van der Waals surface area contributed by atoms with Crippen LogP contribution in [0, 0.1) is 5.92 Å². The molecule has 2 aliphatic rings. The molecule has 2 heterocycles. The number of nitrogens with zero attached hydrogens (tertiary/aromatic N) is 2. The number of esters is 1. The lowest BCUT2D eigenvalue weighted by atomic mass is 9.94. The molecule has 0 aromatic heterocycles. The Hall–Kier alpha value is -1.95. The van der Waals surface area contributed by atoms with Gasteiger partial charge in [-0.25, -0.2) is 4.79 Å². The third-order valence-electron chi connectivity index (χ3n) is 5.90. The summed E-state index contributed by atoms with van der Waals surface area (Å²) in [6.45, 7) is 4.87. The lowest BCUT2D eigenvalue weighted by Crippen LogP contribution is -2.55. The number of rotatable bonds is 6. The molecule has 5 nitrogen and oxygen atoms in total. The first-order valence-corrected chi connectivity index (χ1v) is 11.1. The van der Waals surface area contributed by atoms with Crippen LogP contribution in [0.25, 0.3) is 0 Å². The zero-order valence-corrected chi connectivity index (χ0v) is 18.5. The van der Waals surface area contributed by atoms with Crippen molar-refractivity contribution >= 4 is 34.9 Å². The van der Waals surface area contributed by atoms with Gasteiger partial charge in [-0.05, 0) is 43.0 Å². The van der Waals surface area contributed by atoms with Gasteiger partial charge in [0.05, 0.1) is 28.4 Å². The van der Waals surface area contributed by atoms with Crippen molar-refractivity contribution in [1.29, 1.82) is 0 Å². The second-order valence-corrected chi connectivity index (χ2v) is 8.79. The van der Waals surface area contributed by atoms with E-state index in [9.17, 15) is 4.79 Å². The molecule has 0 spiro atoms. The average Bonchev–Trinajstić information content (AvgIpc) is 2.74. The van der Waals surface area contributed by atoms with E-state index in [4.69, 9.17) is 32.7 Å². The van der Waals surface area contributed by atoms with Gasteiger partial charge >= 0.3 is 5.97 Å². The van der Waals surface area contributed by atoms with Gasteiger partial charge in [-0.1, -0.05) is 35.3 Å². The largest absolute Gasteiger partial charge is 0.488 e. The third kappa shape index (κ3) is 4.85. The van der Waals surface area contributed by atoms with Crippen molar-refractivity contribution in [3.05, 3.63) is 58.1 Å². The molecule has 0 radical (unpaired) electrons. The quantitative estimate of drug-likeness (QED) is 0.595. The van der Waals surface area contributed by atoms with Crippen LogP contribution >= 0.6 is 23.2 Å². The highest BCUT2D eigenvalue weighted by Gasteiger charge is 2.32. The molecule has 2 saturated heterocycles. The van der Waals surface area contributed by atoms with Crippen molar-refractivity contribution in [1.82, 2.24) is 4.90 Å². The summed E-state index contributed by atoms with van der Waals surface area (Å²) in [5.74, 6) is 1.16. The Bertz CT molecular complexity index is 894. The summed E-state index contributed by atoms with van der Waals surface area (Å²) in [4.78, 5) is 16.8. The Kier molecular flexibility index (Phi) is 6.71. The first kappa shape index (κ1) is 21.3. The number of methoxy groups -OCH3 is 1. The third-order valence-corrected chi connectivity index (χ3v) is 6.64. The predicted molar refractivity (Wildman–Crippen MR) is 120 cm³/mol. The Balaban J connectivity index is 1.23. The minimum atomic E-state index is -0.277. The van der Waals surface area contributed by atoms with Crippen LogP contribution in [0.15, 0.2) is 42.5 Å². The van der Waals surface area contributed by atoms with Gasteiger partial charge in [0, 0.05) is 38.8 Å². The van der Waals surface area contributed by atoms with Crippen LogP contribution in [0.5, 0.6) is 5.75 Å². The van der Waals surface area contributed by atoms with Crippen LogP contribution in [0.4, 0.5) is 5.69 Å². The number of benzene rings is 2. The lowest BCUT2D eigenvalue weighted by Gasteiger charge is -2.43. The minimum absolute atomic E-state index is 0.203. The van der Waals surface area contributed by atoms with Crippen LogP contribution in [-0.4, -0.2) is 56.8 Å². The van der Waals surface area contributed by atoms with Crippen molar-refractivity contribution in [3.63, 3.8) is 0 Å². The molecule has 0 unspecified atom stereocenters. The van der Waals surface area contributed by atoms with Crippen molar-refractivity contribution in [2.24, 2.45) is 5.92 Å². The predicted octanol–water partition coefficient (Wildman–Crippen LogP) is 4.76. The smallest absolute Gasteiger partial charge is 0.339 e. The van der Waals surface area contributed by atoms with Crippen molar-refractivity contribution < 1.29 is 14.3 Å². The second-order valence-electron chi connectivity index (χ2n) is 7.97. The molecule has 2 aliphatic heterocycles. The molecular formula is C23H26Cl2N2O3. The van der Waals surface area contributed by atoms with E-state index in [1.807, 2.05) is 30.3 Å². The van der Waals surface area contributed by atoms with Gasteiger partial charge in [-0.15, -0.1) is 0 Å². The van der Waals surface area contributed by atoms with E-state index in [-0.39, 0.29) is 12.1 Å². The molecule has 0 aliphatic carbocycles.